The lowest BCUT2D eigenvalue weighted by molar-refractivity contribution is -0.115. The lowest BCUT2D eigenvalue weighted by Crippen LogP contribution is -2.16. The van der Waals surface area contributed by atoms with Crippen LogP contribution in [0.15, 0.2) is 42.5 Å². The van der Waals surface area contributed by atoms with Crippen molar-refractivity contribution in [3.8, 4) is 0 Å². The Bertz CT molecular complexity index is 659. The van der Waals surface area contributed by atoms with Gasteiger partial charge in [-0.05, 0) is 30.2 Å². The zero-order valence-corrected chi connectivity index (χ0v) is 13.8. The highest BCUT2D eigenvalue weighted by atomic mass is 35.5. The van der Waals surface area contributed by atoms with Crippen molar-refractivity contribution in [1.82, 2.24) is 0 Å². The first-order valence-corrected chi connectivity index (χ1v) is 7.93. The third-order valence-corrected chi connectivity index (χ3v) is 4.11. The summed E-state index contributed by atoms with van der Waals surface area (Å²) in [6.07, 6.45) is 1.30. The molecule has 3 nitrogen and oxygen atoms in total. The summed E-state index contributed by atoms with van der Waals surface area (Å²) in [6.45, 7) is 2.66. The largest absolute Gasteiger partial charge is 0.384 e. The Balaban J connectivity index is 1.87. The number of hydrogen-bond acceptors (Lipinski definition) is 2. The van der Waals surface area contributed by atoms with Gasteiger partial charge in [-0.3, -0.25) is 4.79 Å². The Hall–Kier alpha value is -1.71. The molecule has 0 aliphatic rings. The first-order valence-electron chi connectivity index (χ1n) is 7.17. The molecule has 0 saturated carbocycles. The van der Waals surface area contributed by atoms with Crippen LogP contribution in [-0.4, -0.2) is 12.5 Å². The quantitative estimate of drug-likeness (QED) is 0.779. The van der Waals surface area contributed by atoms with Crippen molar-refractivity contribution >= 4 is 40.5 Å². The normalized spacial score (nSPS) is 10.3. The van der Waals surface area contributed by atoms with E-state index in [9.17, 15) is 4.79 Å². The van der Waals surface area contributed by atoms with Crippen LogP contribution in [0.1, 0.15) is 18.9 Å². The molecule has 0 spiro atoms. The number of nitrogens with one attached hydrogen (secondary N) is 2. The number of hydrogen-bond donors (Lipinski definition) is 2. The van der Waals surface area contributed by atoms with Gasteiger partial charge in [-0.2, -0.15) is 0 Å². The average molecular weight is 337 g/mol. The lowest BCUT2D eigenvalue weighted by atomic mass is 10.1. The fourth-order valence-electron chi connectivity index (χ4n) is 2.12. The van der Waals surface area contributed by atoms with Crippen molar-refractivity contribution in [3.63, 3.8) is 0 Å². The van der Waals surface area contributed by atoms with Crippen LogP contribution in [0.3, 0.4) is 0 Å². The molecule has 0 saturated heterocycles. The van der Waals surface area contributed by atoms with E-state index in [4.69, 9.17) is 23.2 Å². The van der Waals surface area contributed by atoms with Crippen molar-refractivity contribution in [2.24, 2.45) is 0 Å². The summed E-state index contributed by atoms with van der Waals surface area (Å²) < 4.78 is 0. The molecule has 2 aromatic carbocycles. The number of carbonyl (C=O) groups excluding carboxylic acids is 1. The maximum atomic E-state index is 12.0. The highest BCUT2D eigenvalue weighted by molar-refractivity contribution is 6.43. The molecule has 22 heavy (non-hydrogen) atoms. The van der Waals surface area contributed by atoms with Gasteiger partial charge in [0.05, 0.1) is 15.7 Å². The van der Waals surface area contributed by atoms with E-state index in [1.807, 2.05) is 18.2 Å². The fourth-order valence-corrected chi connectivity index (χ4v) is 2.47. The Kier molecular flexibility index (Phi) is 6.10. The summed E-state index contributed by atoms with van der Waals surface area (Å²) >= 11 is 12.0. The van der Waals surface area contributed by atoms with Crippen molar-refractivity contribution in [2.45, 2.75) is 19.8 Å². The molecule has 116 valence electrons. The third kappa shape index (κ3) is 4.39. The Labute approximate surface area is 140 Å². The van der Waals surface area contributed by atoms with Crippen LogP contribution in [-0.2, 0) is 11.2 Å². The number of benzene rings is 2. The maximum absolute atomic E-state index is 12.0. The molecule has 0 radical (unpaired) electrons. The van der Waals surface area contributed by atoms with E-state index in [1.54, 1.807) is 18.2 Å². The van der Waals surface area contributed by atoms with Gasteiger partial charge in [0, 0.05) is 18.7 Å². The minimum absolute atomic E-state index is 0.106. The van der Waals surface area contributed by atoms with E-state index < -0.39 is 0 Å². The number of amides is 1. The summed E-state index contributed by atoms with van der Waals surface area (Å²) in [5.41, 5.74) is 2.84. The van der Waals surface area contributed by atoms with E-state index in [2.05, 4.69) is 23.6 Å². The topological polar surface area (TPSA) is 41.1 Å². The molecular formula is C17H18Cl2N2O. The summed E-state index contributed by atoms with van der Waals surface area (Å²) in [5, 5.41) is 6.85. The Morgan fingerprint density at radius 1 is 1.05 bits per heavy atom. The minimum Gasteiger partial charge on any atom is -0.384 e. The number of halogens is 2. The van der Waals surface area contributed by atoms with Gasteiger partial charge in [0.15, 0.2) is 0 Å². The lowest BCUT2D eigenvalue weighted by Gasteiger charge is -2.11. The predicted molar refractivity (Wildman–Crippen MR) is 94.0 cm³/mol. The van der Waals surface area contributed by atoms with Gasteiger partial charge in [0.2, 0.25) is 5.91 Å². The zero-order valence-electron chi connectivity index (χ0n) is 12.3. The molecule has 0 aliphatic carbocycles. The number of para-hydroxylation sites is 1. The summed E-state index contributed by atoms with van der Waals surface area (Å²) in [5.74, 6) is -0.106. The standard InChI is InChI=1S/C17H18Cl2N2O/c1-2-12-6-3-4-8-14(12)20-11-10-16(22)21-15-9-5-7-13(18)17(15)19/h3-9,20H,2,10-11H2,1H3,(H,21,22). The van der Waals surface area contributed by atoms with Gasteiger partial charge < -0.3 is 10.6 Å². The van der Waals surface area contributed by atoms with Crippen LogP contribution in [0.2, 0.25) is 10.0 Å². The second-order valence-electron chi connectivity index (χ2n) is 4.84. The van der Waals surface area contributed by atoms with Crippen molar-refractivity contribution in [3.05, 3.63) is 58.1 Å². The number of anilines is 2. The molecule has 0 atom stereocenters. The average Bonchev–Trinajstić information content (AvgIpc) is 2.52. The van der Waals surface area contributed by atoms with Crippen molar-refractivity contribution < 1.29 is 4.79 Å². The van der Waals surface area contributed by atoms with Gasteiger partial charge in [-0.15, -0.1) is 0 Å². The minimum atomic E-state index is -0.106. The smallest absolute Gasteiger partial charge is 0.226 e. The molecule has 1 amide bonds. The molecule has 0 bridgehead atoms. The Morgan fingerprint density at radius 3 is 2.55 bits per heavy atom. The monoisotopic (exact) mass is 336 g/mol. The summed E-state index contributed by atoms with van der Waals surface area (Å²) in [7, 11) is 0. The van der Waals surface area contributed by atoms with Gasteiger partial charge in [-0.25, -0.2) is 0 Å². The van der Waals surface area contributed by atoms with E-state index in [0.717, 1.165) is 12.1 Å². The first kappa shape index (κ1) is 16.7. The third-order valence-electron chi connectivity index (χ3n) is 3.29. The van der Waals surface area contributed by atoms with E-state index in [0.29, 0.717) is 28.7 Å². The fraction of sp³-hybridized carbons (Fsp3) is 0.235. The maximum Gasteiger partial charge on any atom is 0.226 e. The van der Waals surface area contributed by atoms with Crippen LogP contribution in [0.4, 0.5) is 11.4 Å². The summed E-state index contributed by atoms with van der Waals surface area (Å²) in [4.78, 5) is 12.0. The number of carbonyl (C=O) groups is 1. The summed E-state index contributed by atoms with van der Waals surface area (Å²) in [6, 6.07) is 13.2. The molecule has 0 aromatic heterocycles. The van der Waals surface area contributed by atoms with Gasteiger partial charge in [0.1, 0.15) is 0 Å². The van der Waals surface area contributed by atoms with Crippen LogP contribution in [0.25, 0.3) is 0 Å². The van der Waals surface area contributed by atoms with Crippen molar-refractivity contribution in [1.29, 1.82) is 0 Å². The number of aryl methyl sites for hydroxylation is 1. The Morgan fingerprint density at radius 2 is 1.77 bits per heavy atom. The van der Waals surface area contributed by atoms with Crippen molar-refractivity contribution in [2.75, 3.05) is 17.2 Å². The van der Waals surface area contributed by atoms with E-state index >= 15 is 0 Å². The van der Waals surface area contributed by atoms with Gasteiger partial charge >= 0.3 is 0 Å². The van der Waals surface area contributed by atoms with Crippen LogP contribution in [0, 0.1) is 0 Å². The first-order chi connectivity index (χ1) is 10.6. The SMILES string of the molecule is CCc1ccccc1NCCC(=O)Nc1cccc(Cl)c1Cl. The zero-order chi connectivity index (χ0) is 15.9. The number of rotatable bonds is 6. The molecular weight excluding hydrogens is 319 g/mol. The van der Waals surface area contributed by atoms with Crippen LogP contribution in [0.5, 0.6) is 0 Å². The van der Waals surface area contributed by atoms with E-state index in [1.165, 1.54) is 5.56 Å². The molecule has 2 rings (SSSR count). The van der Waals surface area contributed by atoms with Crippen LogP contribution < -0.4 is 10.6 Å². The van der Waals surface area contributed by atoms with Gasteiger partial charge in [0.25, 0.3) is 0 Å². The van der Waals surface area contributed by atoms with Gasteiger partial charge in [-0.1, -0.05) is 54.4 Å². The molecule has 2 N–H and O–H groups in total. The molecule has 2 aromatic rings. The molecule has 0 fully saturated rings. The highest BCUT2D eigenvalue weighted by Crippen LogP contribution is 2.29. The predicted octanol–water partition coefficient (Wildman–Crippen LogP) is 5.00. The molecule has 5 heteroatoms. The van der Waals surface area contributed by atoms with Crippen LogP contribution >= 0.6 is 23.2 Å². The second-order valence-corrected chi connectivity index (χ2v) is 5.62. The molecule has 0 heterocycles. The highest BCUT2D eigenvalue weighted by Gasteiger charge is 2.08. The van der Waals surface area contributed by atoms with E-state index in [-0.39, 0.29) is 5.91 Å². The second kappa shape index (κ2) is 8.06. The molecule has 0 unspecified atom stereocenters. The molecule has 0 aliphatic heterocycles.